The Kier molecular flexibility index (Phi) is 6.91. The summed E-state index contributed by atoms with van der Waals surface area (Å²) in [7, 11) is 0. The summed E-state index contributed by atoms with van der Waals surface area (Å²) in [5.74, 6) is 1.47. The molecule has 2 aromatic heterocycles. The Balaban J connectivity index is 1.14. The van der Waals surface area contributed by atoms with E-state index in [1.54, 1.807) is 10.6 Å². The standard InChI is InChI=1S/C29H30N6O3/c36-28(26-9-5-18-38-26)30-23-7-3-6-21(20-23)25-8-4-10-27-32-29(33-35(25)27)31-22-11-13-24(14-12-22)37-19-17-34-15-1-2-16-34/h3-4,6-14,20H,1-2,5,15-19H2,(H,30,36)(H,31,33). The van der Waals surface area contributed by atoms with Crippen LogP contribution in [0.25, 0.3) is 16.9 Å². The van der Waals surface area contributed by atoms with Crippen molar-refractivity contribution in [2.45, 2.75) is 19.3 Å². The lowest BCUT2D eigenvalue weighted by Gasteiger charge is -2.15. The van der Waals surface area contributed by atoms with E-state index in [0.717, 1.165) is 35.7 Å². The second-order valence-electron chi connectivity index (χ2n) is 9.40. The molecule has 2 aliphatic heterocycles. The lowest BCUT2D eigenvalue weighted by molar-refractivity contribution is -0.115. The van der Waals surface area contributed by atoms with Crippen LogP contribution < -0.4 is 15.4 Å². The number of likely N-dealkylation sites (tertiary alicyclic amines) is 1. The van der Waals surface area contributed by atoms with Gasteiger partial charge in [-0.05, 0) is 80.5 Å². The maximum atomic E-state index is 12.4. The smallest absolute Gasteiger partial charge is 0.290 e. The third-order valence-electron chi connectivity index (χ3n) is 6.69. The quantitative estimate of drug-likeness (QED) is 0.332. The summed E-state index contributed by atoms with van der Waals surface area (Å²) in [6, 6.07) is 21.3. The minimum Gasteiger partial charge on any atom is -0.492 e. The first-order chi connectivity index (χ1) is 18.7. The van der Waals surface area contributed by atoms with Crippen LogP contribution in [0.3, 0.4) is 0 Å². The van der Waals surface area contributed by atoms with Crippen LogP contribution in [0.5, 0.6) is 5.75 Å². The van der Waals surface area contributed by atoms with E-state index in [4.69, 9.17) is 14.6 Å². The number of benzene rings is 2. The molecule has 2 aliphatic rings. The number of rotatable bonds is 9. The van der Waals surface area contributed by atoms with Crippen molar-refractivity contribution >= 4 is 28.9 Å². The van der Waals surface area contributed by atoms with E-state index < -0.39 is 0 Å². The van der Waals surface area contributed by atoms with Gasteiger partial charge in [0.25, 0.3) is 5.91 Å². The highest BCUT2D eigenvalue weighted by Gasteiger charge is 2.16. The monoisotopic (exact) mass is 510 g/mol. The van der Waals surface area contributed by atoms with Gasteiger partial charge in [0.15, 0.2) is 11.4 Å². The Labute approximate surface area is 221 Å². The van der Waals surface area contributed by atoms with Crippen molar-refractivity contribution < 1.29 is 14.3 Å². The predicted molar refractivity (Wildman–Crippen MR) is 147 cm³/mol. The molecule has 4 heterocycles. The van der Waals surface area contributed by atoms with Crippen LogP contribution >= 0.6 is 0 Å². The number of anilines is 3. The molecular formula is C29H30N6O3. The first-order valence-corrected chi connectivity index (χ1v) is 13.0. The molecule has 0 atom stereocenters. The Morgan fingerprint density at radius 2 is 1.84 bits per heavy atom. The van der Waals surface area contributed by atoms with Gasteiger partial charge < -0.3 is 20.1 Å². The van der Waals surface area contributed by atoms with Crippen molar-refractivity contribution in [2.24, 2.45) is 0 Å². The third-order valence-corrected chi connectivity index (χ3v) is 6.69. The summed E-state index contributed by atoms with van der Waals surface area (Å²) in [5.41, 5.74) is 4.04. The van der Waals surface area contributed by atoms with E-state index in [1.165, 1.54) is 25.9 Å². The molecule has 194 valence electrons. The van der Waals surface area contributed by atoms with Crippen LogP contribution in [0.4, 0.5) is 17.3 Å². The lowest BCUT2D eigenvalue weighted by atomic mass is 10.1. The largest absolute Gasteiger partial charge is 0.492 e. The highest BCUT2D eigenvalue weighted by molar-refractivity contribution is 6.02. The van der Waals surface area contributed by atoms with Gasteiger partial charge in [0.2, 0.25) is 5.95 Å². The first kappa shape index (κ1) is 24.0. The number of pyridine rings is 1. The van der Waals surface area contributed by atoms with Gasteiger partial charge in [-0.1, -0.05) is 18.2 Å². The van der Waals surface area contributed by atoms with Crippen molar-refractivity contribution in [3.63, 3.8) is 0 Å². The fraction of sp³-hybridized carbons (Fsp3) is 0.276. The average molecular weight is 511 g/mol. The minimum absolute atomic E-state index is 0.242. The number of fused-ring (bicyclic) bond motifs is 1. The number of nitrogens with zero attached hydrogens (tertiary/aromatic N) is 4. The summed E-state index contributed by atoms with van der Waals surface area (Å²) in [6.07, 6.45) is 5.14. The van der Waals surface area contributed by atoms with Gasteiger partial charge in [-0.2, -0.15) is 4.98 Å². The maximum absolute atomic E-state index is 12.4. The van der Waals surface area contributed by atoms with Gasteiger partial charge in [-0.25, -0.2) is 4.52 Å². The molecule has 0 bridgehead atoms. The Morgan fingerprint density at radius 1 is 1.00 bits per heavy atom. The zero-order chi connectivity index (χ0) is 25.7. The van der Waals surface area contributed by atoms with Crippen molar-refractivity contribution in [1.29, 1.82) is 0 Å². The molecule has 1 saturated heterocycles. The first-order valence-electron chi connectivity index (χ1n) is 13.0. The molecule has 4 aromatic rings. The number of hydrogen-bond donors (Lipinski definition) is 2. The SMILES string of the molecule is O=C(Nc1cccc(-c2cccc3nc(Nc4ccc(OCCN5CCCC5)cc4)nn23)c1)C1=CCCO1. The second kappa shape index (κ2) is 10.9. The average Bonchev–Trinajstić information content (AvgIpc) is 3.72. The maximum Gasteiger partial charge on any atom is 0.290 e. The fourth-order valence-electron chi connectivity index (χ4n) is 4.76. The van der Waals surface area contributed by atoms with Crippen molar-refractivity contribution in [3.05, 3.63) is 78.6 Å². The molecule has 0 unspecified atom stereocenters. The summed E-state index contributed by atoms with van der Waals surface area (Å²) in [4.78, 5) is 19.5. The van der Waals surface area contributed by atoms with Gasteiger partial charge >= 0.3 is 0 Å². The Bertz CT molecular complexity index is 1460. The second-order valence-corrected chi connectivity index (χ2v) is 9.40. The summed E-state index contributed by atoms with van der Waals surface area (Å²) in [5, 5.41) is 10.9. The Hall–Kier alpha value is -4.37. The van der Waals surface area contributed by atoms with Crippen LogP contribution in [-0.2, 0) is 9.53 Å². The van der Waals surface area contributed by atoms with Crippen LogP contribution in [0.15, 0.2) is 78.6 Å². The van der Waals surface area contributed by atoms with E-state index in [0.29, 0.717) is 36.3 Å². The van der Waals surface area contributed by atoms with E-state index in [-0.39, 0.29) is 5.91 Å². The van der Waals surface area contributed by atoms with Gasteiger partial charge in [-0.3, -0.25) is 9.69 Å². The summed E-state index contributed by atoms with van der Waals surface area (Å²) < 4.78 is 13.1. The number of carbonyl (C=O) groups excluding carboxylic acids is 1. The van der Waals surface area contributed by atoms with Gasteiger partial charge in [0.1, 0.15) is 12.4 Å². The molecule has 2 N–H and O–H groups in total. The fourth-order valence-corrected chi connectivity index (χ4v) is 4.76. The molecule has 0 aliphatic carbocycles. The van der Waals surface area contributed by atoms with E-state index in [1.807, 2.05) is 66.7 Å². The number of amides is 1. The Morgan fingerprint density at radius 3 is 2.66 bits per heavy atom. The molecule has 2 aromatic carbocycles. The minimum atomic E-state index is -0.242. The highest BCUT2D eigenvalue weighted by Crippen LogP contribution is 2.26. The van der Waals surface area contributed by atoms with Crippen molar-refractivity contribution in [2.75, 3.05) is 43.5 Å². The van der Waals surface area contributed by atoms with E-state index in [2.05, 4.69) is 20.5 Å². The molecule has 38 heavy (non-hydrogen) atoms. The highest BCUT2D eigenvalue weighted by atomic mass is 16.5. The zero-order valence-electron chi connectivity index (χ0n) is 21.1. The molecule has 1 amide bonds. The van der Waals surface area contributed by atoms with Crippen LogP contribution in [0, 0.1) is 0 Å². The van der Waals surface area contributed by atoms with E-state index >= 15 is 0 Å². The van der Waals surface area contributed by atoms with Crippen LogP contribution in [-0.4, -0.2) is 58.3 Å². The molecule has 6 rings (SSSR count). The van der Waals surface area contributed by atoms with Crippen LogP contribution in [0.2, 0.25) is 0 Å². The molecular weight excluding hydrogens is 480 g/mol. The van der Waals surface area contributed by atoms with E-state index in [9.17, 15) is 4.79 Å². The number of hydrogen-bond acceptors (Lipinski definition) is 7. The van der Waals surface area contributed by atoms with Gasteiger partial charge in [0.05, 0.1) is 12.3 Å². The molecule has 0 radical (unpaired) electrons. The lowest BCUT2D eigenvalue weighted by Crippen LogP contribution is -2.25. The molecule has 9 heteroatoms. The van der Waals surface area contributed by atoms with Gasteiger partial charge in [0, 0.05) is 29.9 Å². The number of carbonyl (C=O) groups is 1. The summed E-state index contributed by atoms with van der Waals surface area (Å²) in [6.45, 7) is 4.56. The molecule has 9 nitrogen and oxygen atoms in total. The zero-order valence-corrected chi connectivity index (χ0v) is 21.1. The number of ether oxygens (including phenoxy) is 2. The number of nitrogens with one attached hydrogen (secondary N) is 2. The predicted octanol–water partition coefficient (Wildman–Crippen LogP) is 4.86. The number of aromatic nitrogens is 3. The van der Waals surface area contributed by atoms with Gasteiger partial charge in [-0.15, -0.1) is 5.10 Å². The molecule has 0 saturated carbocycles. The van der Waals surface area contributed by atoms with Crippen molar-refractivity contribution in [3.8, 4) is 17.0 Å². The summed E-state index contributed by atoms with van der Waals surface area (Å²) >= 11 is 0. The third kappa shape index (κ3) is 5.47. The normalized spacial score (nSPS) is 15.3. The molecule has 1 fully saturated rings. The van der Waals surface area contributed by atoms with Crippen molar-refractivity contribution in [1.82, 2.24) is 19.5 Å². The van der Waals surface area contributed by atoms with Crippen LogP contribution in [0.1, 0.15) is 19.3 Å². The topological polar surface area (TPSA) is 93.0 Å². The molecule has 0 spiro atoms.